The molecule has 0 spiro atoms. The molecule has 130 valence electrons. The summed E-state index contributed by atoms with van der Waals surface area (Å²) in [6.45, 7) is 2.21. The van der Waals surface area contributed by atoms with Crippen LogP contribution in [0.15, 0.2) is 11.6 Å². The molecule has 0 unspecified atom stereocenters. The van der Waals surface area contributed by atoms with E-state index in [0.29, 0.717) is 23.7 Å². The molecule has 3 fully saturated rings. The highest BCUT2D eigenvalue weighted by atomic mass is 16.5. The Hall–Kier alpha value is -0.380. The Morgan fingerprint density at radius 1 is 1.17 bits per heavy atom. The van der Waals surface area contributed by atoms with Crippen molar-refractivity contribution in [3.05, 3.63) is 11.6 Å². The third-order valence-electron chi connectivity index (χ3n) is 8.03. The molecule has 0 aliphatic heterocycles. The maximum atomic E-state index is 11.1. The van der Waals surface area contributed by atoms with Gasteiger partial charge < -0.3 is 14.9 Å². The molecule has 3 nitrogen and oxygen atoms in total. The molecule has 3 heteroatoms. The standard InChI is InChI=1S/C20H32O3/c1-3-20-11-17(21)19-14-7-5-13(23-2)10-12(14)4-6-15(19)16(20)8-9-18(20)22/h10,13-19,21-22H,3-9,11H2,1-2H3/t13-,14-,15-,16-,17+,18-,19+,20-/m0/s1. The Bertz CT molecular complexity index is 487. The van der Waals surface area contributed by atoms with E-state index in [1.54, 1.807) is 12.7 Å². The van der Waals surface area contributed by atoms with Crippen molar-refractivity contribution in [2.24, 2.45) is 29.1 Å². The lowest BCUT2D eigenvalue weighted by molar-refractivity contribution is -0.130. The molecule has 4 aliphatic rings. The molecule has 0 saturated heterocycles. The largest absolute Gasteiger partial charge is 0.393 e. The van der Waals surface area contributed by atoms with Gasteiger partial charge in [0.15, 0.2) is 0 Å². The zero-order chi connectivity index (χ0) is 16.2. The molecule has 0 amide bonds. The summed E-state index contributed by atoms with van der Waals surface area (Å²) in [6, 6.07) is 0. The van der Waals surface area contributed by atoms with Crippen LogP contribution in [0.25, 0.3) is 0 Å². The first-order valence-corrected chi connectivity index (χ1v) is 9.70. The molecule has 0 heterocycles. The van der Waals surface area contributed by atoms with Crippen molar-refractivity contribution in [2.75, 3.05) is 7.11 Å². The second-order valence-electron chi connectivity index (χ2n) is 8.54. The van der Waals surface area contributed by atoms with Crippen LogP contribution in [0.5, 0.6) is 0 Å². The van der Waals surface area contributed by atoms with Crippen LogP contribution in [0.2, 0.25) is 0 Å². The predicted octanol–water partition coefficient (Wildman–Crippen LogP) is 3.30. The normalized spacial score (nSPS) is 52.3. The molecular formula is C20H32O3. The highest BCUT2D eigenvalue weighted by Gasteiger charge is 2.60. The summed E-state index contributed by atoms with van der Waals surface area (Å²) in [5, 5.41) is 21.7. The van der Waals surface area contributed by atoms with Crippen molar-refractivity contribution >= 4 is 0 Å². The summed E-state index contributed by atoms with van der Waals surface area (Å²) in [4.78, 5) is 0. The van der Waals surface area contributed by atoms with Gasteiger partial charge in [-0.2, -0.15) is 0 Å². The molecule has 0 radical (unpaired) electrons. The Kier molecular flexibility index (Phi) is 4.10. The summed E-state index contributed by atoms with van der Waals surface area (Å²) in [5.41, 5.74) is 1.54. The molecule has 2 N–H and O–H groups in total. The molecule has 0 aromatic rings. The van der Waals surface area contributed by atoms with E-state index in [1.165, 1.54) is 12.8 Å². The number of aliphatic hydroxyl groups excluding tert-OH is 2. The summed E-state index contributed by atoms with van der Waals surface area (Å²) >= 11 is 0. The summed E-state index contributed by atoms with van der Waals surface area (Å²) < 4.78 is 5.55. The van der Waals surface area contributed by atoms with Gasteiger partial charge in [0.2, 0.25) is 0 Å². The SMILES string of the molecule is CC[C@]12C[C@@H](O)[C@H]3[C@@H](CCC4=C[C@@H](OC)CC[C@@H]43)[C@@H]1CC[C@@H]2O. The van der Waals surface area contributed by atoms with Gasteiger partial charge in [0, 0.05) is 12.5 Å². The molecule has 23 heavy (non-hydrogen) atoms. The van der Waals surface area contributed by atoms with Crippen LogP contribution in [0.1, 0.15) is 58.3 Å². The number of rotatable bonds is 2. The van der Waals surface area contributed by atoms with Crippen LogP contribution in [0, 0.1) is 29.1 Å². The van der Waals surface area contributed by atoms with Gasteiger partial charge in [0.1, 0.15) is 0 Å². The molecule has 0 bridgehead atoms. The Morgan fingerprint density at radius 3 is 2.74 bits per heavy atom. The van der Waals surface area contributed by atoms with Crippen molar-refractivity contribution in [1.82, 2.24) is 0 Å². The minimum atomic E-state index is -0.239. The number of aliphatic hydroxyl groups is 2. The highest BCUT2D eigenvalue weighted by Crippen LogP contribution is 2.63. The maximum absolute atomic E-state index is 11.1. The van der Waals surface area contributed by atoms with Crippen molar-refractivity contribution in [1.29, 1.82) is 0 Å². The summed E-state index contributed by atoms with van der Waals surface area (Å²) in [5.74, 6) is 2.21. The molecule has 3 saturated carbocycles. The molecule has 0 aromatic heterocycles. The zero-order valence-corrected chi connectivity index (χ0v) is 14.6. The van der Waals surface area contributed by atoms with Crippen LogP contribution in [0.3, 0.4) is 0 Å². The molecule has 4 aliphatic carbocycles. The van der Waals surface area contributed by atoms with Crippen molar-refractivity contribution < 1.29 is 14.9 Å². The maximum Gasteiger partial charge on any atom is 0.0754 e. The van der Waals surface area contributed by atoms with Crippen molar-refractivity contribution in [3.63, 3.8) is 0 Å². The number of allylic oxidation sites excluding steroid dienone is 1. The number of ether oxygens (including phenoxy) is 1. The average Bonchev–Trinajstić information content (AvgIpc) is 2.91. The van der Waals surface area contributed by atoms with E-state index in [4.69, 9.17) is 4.74 Å². The van der Waals surface area contributed by atoms with E-state index in [0.717, 1.165) is 38.5 Å². The molecular weight excluding hydrogens is 288 g/mol. The van der Waals surface area contributed by atoms with Gasteiger partial charge in [-0.05, 0) is 75.0 Å². The highest BCUT2D eigenvalue weighted by molar-refractivity contribution is 5.21. The smallest absolute Gasteiger partial charge is 0.0754 e. The van der Waals surface area contributed by atoms with E-state index in [9.17, 15) is 10.2 Å². The Morgan fingerprint density at radius 2 is 2.00 bits per heavy atom. The number of methoxy groups -OCH3 is 1. The number of fused-ring (bicyclic) bond motifs is 5. The Labute approximate surface area is 140 Å². The van der Waals surface area contributed by atoms with Crippen LogP contribution in [-0.4, -0.2) is 35.6 Å². The fourth-order valence-corrected chi connectivity index (χ4v) is 6.97. The van der Waals surface area contributed by atoms with Gasteiger partial charge in [0.05, 0.1) is 18.3 Å². The van der Waals surface area contributed by atoms with Crippen LogP contribution in [0.4, 0.5) is 0 Å². The second-order valence-corrected chi connectivity index (χ2v) is 8.54. The predicted molar refractivity (Wildman–Crippen MR) is 89.9 cm³/mol. The van der Waals surface area contributed by atoms with Crippen molar-refractivity contribution in [2.45, 2.75) is 76.6 Å². The fraction of sp³-hybridized carbons (Fsp3) is 0.900. The van der Waals surface area contributed by atoms with Crippen LogP contribution in [-0.2, 0) is 4.74 Å². The van der Waals surface area contributed by atoms with Crippen LogP contribution < -0.4 is 0 Å². The third-order valence-corrected chi connectivity index (χ3v) is 8.03. The number of hydrogen-bond acceptors (Lipinski definition) is 3. The second kappa shape index (κ2) is 5.86. The monoisotopic (exact) mass is 320 g/mol. The van der Waals surface area contributed by atoms with Gasteiger partial charge in [-0.1, -0.05) is 18.6 Å². The molecule has 0 aromatic carbocycles. The lowest BCUT2D eigenvalue weighted by Crippen LogP contribution is -2.54. The third kappa shape index (κ3) is 2.26. The van der Waals surface area contributed by atoms with Gasteiger partial charge in [-0.25, -0.2) is 0 Å². The van der Waals surface area contributed by atoms with Gasteiger partial charge in [-0.3, -0.25) is 0 Å². The van der Waals surface area contributed by atoms with E-state index < -0.39 is 0 Å². The van der Waals surface area contributed by atoms with E-state index >= 15 is 0 Å². The first-order valence-electron chi connectivity index (χ1n) is 9.70. The molecule has 4 rings (SSSR count). The minimum Gasteiger partial charge on any atom is -0.393 e. The fourth-order valence-electron chi connectivity index (χ4n) is 6.97. The first kappa shape index (κ1) is 16.1. The van der Waals surface area contributed by atoms with Gasteiger partial charge >= 0.3 is 0 Å². The van der Waals surface area contributed by atoms with Crippen molar-refractivity contribution in [3.8, 4) is 0 Å². The topological polar surface area (TPSA) is 49.7 Å². The van der Waals surface area contributed by atoms with E-state index in [-0.39, 0.29) is 23.7 Å². The zero-order valence-electron chi connectivity index (χ0n) is 14.6. The number of hydrogen-bond donors (Lipinski definition) is 2. The lowest BCUT2D eigenvalue weighted by Gasteiger charge is -2.56. The summed E-state index contributed by atoms with van der Waals surface area (Å²) in [6.07, 6.45) is 10.7. The summed E-state index contributed by atoms with van der Waals surface area (Å²) in [7, 11) is 1.80. The van der Waals surface area contributed by atoms with Gasteiger partial charge in [0.25, 0.3) is 0 Å². The van der Waals surface area contributed by atoms with E-state index in [1.807, 2.05) is 0 Å². The minimum absolute atomic E-state index is 0.00840. The quantitative estimate of drug-likeness (QED) is 0.768. The van der Waals surface area contributed by atoms with Crippen LogP contribution >= 0.6 is 0 Å². The Balaban J connectivity index is 1.65. The molecule has 8 atom stereocenters. The van der Waals surface area contributed by atoms with E-state index in [2.05, 4.69) is 13.0 Å². The first-order chi connectivity index (χ1) is 11.1. The lowest BCUT2D eigenvalue weighted by atomic mass is 9.50. The van der Waals surface area contributed by atoms with Gasteiger partial charge in [-0.15, -0.1) is 0 Å². The average molecular weight is 320 g/mol.